The lowest BCUT2D eigenvalue weighted by Crippen LogP contribution is -2.36. The Kier molecular flexibility index (Phi) is 6.91. The summed E-state index contributed by atoms with van der Waals surface area (Å²) in [6.45, 7) is 6.63. The molecule has 3 rings (SSSR count). The van der Waals surface area contributed by atoms with Gasteiger partial charge in [0.15, 0.2) is 0 Å². The van der Waals surface area contributed by atoms with Crippen LogP contribution in [0.4, 0.5) is 0 Å². The molecular weight excluding hydrogens is 372 g/mol. The van der Waals surface area contributed by atoms with E-state index in [9.17, 15) is 8.42 Å². The number of fused-ring (bicyclic) bond motifs is 1. The SMILES string of the molecule is COc1ccc(S(=O)(=O)NCCN2CC(C)CC2C)c2ccccc12.Cl. The number of ether oxygens (including phenoxy) is 1. The van der Waals surface area contributed by atoms with Crippen LogP contribution in [0.25, 0.3) is 10.8 Å². The lowest BCUT2D eigenvalue weighted by molar-refractivity contribution is 0.270. The van der Waals surface area contributed by atoms with Crippen molar-refractivity contribution in [3.63, 3.8) is 0 Å². The van der Waals surface area contributed by atoms with Gasteiger partial charge in [-0.1, -0.05) is 31.2 Å². The van der Waals surface area contributed by atoms with Crippen LogP contribution in [0.1, 0.15) is 20.3 Å². The van der Waals surface area contributed by atoms with Gasteiger partial charge in [0, 0.05) is 36.4 Å². The van der Waals surface area contributed by atoms with E-state index in [1.165, 1.54) is 6.42 Å². The van der Waals surface area contributed by atoms with Gasteiger partial charge in [-0.2, -0.15) is 0 Å². The first-order valence-corrected chi connectivity index (χ1v) is 10.2. The van der Waals surface area contributed by atoms with Gasteiger partial charge in [-0.3, -0.25) is 4.90 Å². The Morgan fingerprint density at radius 2 is 1.85 bits per heavy atom. The van der Waals surface area contributed by atoms with E-state index in [1.54, 1.807) is 19.2 Å². The van der Waals surface area contributed by atoms with Crippen LogP contribution in [0.15, 0.2) is 41.3 Å². The first kappa shape index (κ1) is 21.0. The first-order chi connectivity index (χ1) is 11.9. The molecule has 26 heavy (non-hydrogen) atoms. The molecule has 0 amide bonds. The zero-order valence-electron chi connectivity index (χ0n) is 15.4. The van der Waals surface area contributed by atoms with Crippen LogP contribution in [0.5, 0.6) is 5.75 Å². The van der Waals surface area contributed by atoms with Crippen molar-refractivity contribution in [2.45, 2.75) is 31.2 Å². The predicted molar refractivity (Wildman–Crippen MR) is 108 cm³/mol. The van der Waals surface area contributed by atoms with Gasteiger partial charge in [0.05, 0.1) is 12.0 Å². The standard InChI is InChI=1S/C19H26N2O3S.ClH/c1-14-12-15(2)21(13-14)11-10-20-25(22,23)19-9-8-18(24-3)16-6-4-5-7-17(16)19;/h4-9,14-15,20H,10-13H2,1-3H3;1H. The molecule has 1 aliphatic rings. The van der Waals surface area contributed by atoms with Gasteiger partial charge in [0.25, 0.3) is 0 Å². The van der Waals surface area contributed by atoms with Gasteiger partial charge >= 0.3 is 0 Å². The summed E-state index contributed by atoms with van der Waals surface area (Å²) in [4.78, 5) is 2.64. The maximum absolute atomic E-state index is 12.8. The van der Waals surface area contributed by atoms with Gasteiger partial charge in [-0.25, -0.2) is 13.1 Å². The highest BCUT2D eigenvalue weighted by Gasteiger charge is 2.26. The number of nitrogens with zero attached hydrogens (tertiary/aromatic N) is 1. The maximum atomic E-state index is 12.8. The van der Waals surface area contributed by atoms with Crippen LogP contribution in [0, 0.1) is 5.92 Å². The number of rotatable bonds is 6. The average Bonchev–Trinajstić information content (AvgIpc) is 2.91. The monoisotopic (exact) mass is 398 g/mol. The van der Waals surface area contributed by atoms with Crippen LogP contribution >= 0.6 is 12.4 Å². The molecule has 2 aromatic rings. The van der Waals surface area contributed by atoms with E-state index in [4.69, 9.17) is 4.74 Å². The topological polar surface area (TPSA) is 58.6 Å². The Balaban J connectivity index is 0.00000243. The summed E-state index contributed by atoms with van der Waals surface area (Å²) in [5.41, 5.74) is 0. The molecule has 0 radical (unpaired) electrons. The smallest absolute Gasteiger partial charge is 0.241 e. The van der Waals surface area contributed by atoms with Gasteiger partial charge < -0.3 is 4.74 Å². The minimum atomic E-state index is -3.57. The summed E-state index contributed by atoms with van der Waals surface area (Å²) in [6, 6.07) is 11.3. The van der Waals surface area contributed by atoms with Crippen molar-refractivity contribution in [3.05, 3.63) is 36.4 Å². The Hall–Kier alpha value is -1.34. The highest BCUT2D eigenvalue weighted by atomic mass is 35.5. The number of hydrogen-bond donors (Lipinski definition) is 1. The molecule has 2 aromatic carbocycles. The van der Waals surface area contributed by atoms with E-state index in [0.717, 1.165) is 18.5 Å². The summed E-state index contributed by atoms with van der Waals surface area (Å²) in [5, 5.41) is 1.48. The zero-order valence-corrected chi connectivity index (χ0v) is 17.1. The fraction of sp³-hybridized carbons (Fsp3) is 0.474. The number of likely N-dealkylation sites (tertiary alicyclic amines) is 1. The normalized spacial score (nSPS) is 20.9. The summed E-state index contributed by atoms with van der Waals surface area (Å²) < 4.78 is 33.7. The molecule has 1 heterocycles. The Labute approximate surface area is 162 Å². The van der Waals surface area contributed by atoms with Crippen LogP contribution < -0.4 is 9.46 Å². The second-order valence-corrected chi connectivity index (χ2v) is 8.63. The lowest BCUT2D eigenvalue weighted by Gasteiger charge is -2.21. The quantitative estimate of drug-likeness (QED) is 0.811. The molecular formula is C19H27ClN2O3S. The highest BCUT2D eigenvalue weighted by Crippen LogP contribution is 2.30. The third-order valence-electron chi connectivity index (χ3n) is 4.96. The molecule has 0 aliphatic carbocycles. The van der Waals surface area contributed by atoms with Crippen molar-refractivity contribution in [2.75, 3.05) is 26.7 Å². The largest absolute Gasteiger partial charge is 0.496 e. The third kappa shape index (κ3) is 4.31. The Morgan fingerprint density at radius 1 is 1.15 bits per heavy atom. The van der Waals surface area contributed by atoms with Crippen molar-refractivity contribution in [1.82, 2.24) is 9.62 Å². The molecule has 0 spiro atoms. The summed E-state index contributed by atoms with van der Waals surface area (Å²) in [6.07, 6.45) is 1.18. The van der Waals surface area contributed by atoms with Gasteiger partial charge in [-0.15, -0.1) is 12.4 Å². The van der Waals surface area contributed by atoms with Crippen LogP contribution in [-0.4, -0.2) is 46.1 Å². The maximum Gasteiger partial charge on any atom is 0.241 e. The molecule has 0 bridgehead atoms. The van der Waals surface area contributed by atoms with Crippen LogP contribution in [-0.2, 0) is 10.0 Å². The summed E-state index contributed by atoms with van der Waals surface area (Å²) in [7, 11) is -1.98. The minimum Gasteiger partial charge on any atom is -0.496 e. The molecule has 5 nitrogen and oxygen atoms in total. The van der Waals surface area contributed by atoms with E-state index >= 15 is 0 Å². The van der Waals surface area contributed by atoms with E-state index in [0.29, 0.717) is 34.5 Å². The van der Waals surface area contributed by atoms with Crippen LogP contribution in [0.3, 0.4) is 0 Å². The van der Waals surface area contributed by atoms with E-state index < -0.39 is 10.0 Å². The average molecular weight is 399 g/mol. The molecule has 144 valence electrons. The molecule has 0 aromatic heterocycles. The molecule has 1 N–H and O–H groups in total. The van der Waals surface area contributed by atoms with Crippen LogP contribution in [0.2, 0.25) is 0 Å². The van der Waals surface area contributed by atoms with E-state index in [-0.39, 0.29) is 12.4 Å². The van der Waals surface area contributed by atoms with Crippen molar-refractivity contribution < 1.29 is 13.2 Å². The van der Waals surface area contributed by atoms with Crippen molar-refractivity contribution >= 4 is 33.2 Å². The molecule has 2 atom stereocenters. The molecule has 0 saturated carbocycles. The lowest BCUT2D eigenvalue weighted by atomic mass is 10.1. The number of hydrogen-bond acceptors (Lipinski definition) is 4. The van der Waals surface area contributed by atoms with Crippen molar-refractivity contribution in [1.29, 1.82) is 0 Å². The summed E-state index contributed by atoms with van der Waals surface area (Å²) in [5.74, 6) is 1.35. The fourth-order valence-electron chi connectivity index (χ4n) is 3.76. The van der Waals surface area contributed by atoms with Crippen molar-refractivity contribution in [3.8, 4) is 5.75 Å². The molecule has 1 aliphatic heterocycles. The Morgan fingerprint density at radius 3 is 2.46 bits per heavy atom. The van der Waals surface area contributed by atoms with Gasteiger partial charge in [-0.05, 0) is 31.4 Å². The number of methoxy groups -OCH3 is 1. The first-order valence-electron chi connectivity index (χ1n) is 8.72. The molecule has 1 fully saturated rings. The molecule has 7 heteroatoms. The summed E-state index contributed by atoms with van der Waals surface area (Å²) >= 11 is 0. The predicted octanol–water partition coefficient (Wildman–Crippen LogP) is 3.28. The molecule has 1 saturated heterocycles. The second-order valence-electron chi connectivity index (χ2n) is 6.89. The number of benzene rings is 2. The second kappa shape index (κ2) is 8.57. The number of halogens is 1. The minimum absolute atomic E-state index is 0. The van der Waals surface area contributed by atoms with Gasteiger partial charge in [0.2, 0.25) is 10.0 Å². The molecule has 2 unspecified atom stereocenters. The van der Waals surface area contributed by atoms with E-state index in [1.807, 2.05) is 24.3 Å². The number of sulfonamides is 1. The third-order valence-corrected chi connectivity index (χ3v) is 6.48. The Bertz CT molecular complexity index is 857. The van der Waals surface area contributed by atoms with Gasteiger partial charge in [0.1, 0.15) is 5.75 Å². The highest BCUT2D eigenvalue weighted by molar-refractivity contribution is 7.89. The van der Waals surface area contributed by atoms with Crippen molar-refractivity contribution in [2.24, 2.45) is 5.92 Å². The number of nitrogens with one attached hydrogen (secondary N) is 1. The fourth-order valence-corrected chi connectivity index (χ4v) is 4.99. The van der Waals surface area contributed by atoms with E-state index in [2.05, 4.69) is 23.5 Å². The zero-order chi connectivity index (χ0) is 18.0.